The first kappa shape index (κ1) is 93.5. The number of nitrogens with zero attached hydrogens (tertiary/aromatic N) is 7. The van der Waals surface area contributed by atoms with E-state index in [1.165, 1.54) is 50.7 Å². The van der Waals surface area contributed by atoms with Gasteiger partial charge in [-0.3, -0.25) is 38.5 Å². The lowest BCUT2D eigenvalue weighted by Gasteiger charge is -2.12. The van der Waals surface area contributed by atoms with Crippen LogP contribution in [0.5, 0.6) is 23.0 Å². The van der Waals surface area contributed by atoms with Gasteiger partial charge in [0, 0.05) is 161 Å². The van der Waals surface area contributed by atoms with Gasteiger partial charge in [0.2, 0.25) is 11.4 Å². The van der Waals surface area contributed by atoms with Gasteiger partial charge >= 0.3 is 13.6 Å². The Balaban J connectivity index is 0.000000161. The molecule has 5 aromatic heterocycles. The number of rotatable bonds is 24. The maximum atomic E-state index is 15.5. The number of benzene rings is 8. The molecule has 3 N–H and O–H groups in total. The van der Waals surface area contributed by atoms with Crippen LogP contribution >= 0.6 is 23.2 Å². The number of aromatic nitrogens is 5. The Morgan fingerprint density at radius 2 is 0.797 bits per heavy atom. The third-order valence-electron chi connectivity index (χ3n) is 20.7. The molecule has 4 saturated carbocycles. The molecule has 17 rings (SSSR count). The van der Waals surface area contributed by atoms with E-state index in [2.05, 4.69) is 37.2 Å². The Labute approximate surface area is 719 Å². The highest BCUT2D eigenvalue weighted by Crippen LogP contribution is 2.44. The lowest BCUT2D eigenvalue weighted by Crippen LogP contribution is -3.00. The molecule has 0 unspecified atom stereocenters. The zero-order valence-electron chi connectivity index (χ0n) is 70.0. The lowest BCUT2D eigenvalue weighted by atomic mass is 10.1. The van der Waals surface area contributed by atoms with Crippen molar-refractivity contribution < 1.29 is 78.4 Å². The van der Waals surface area contributed by atoms with Crippen molar-refractivity contribution in [1.29, 1.82) is 0 Å². The van der Waals surface area contributed by atoms with Crippen LogP contribution in [0.2, 0.25) is 0 Å². The molecule has 4 fully saturated rings. The second kappa shape index (κ2) is 43.3. The number of ether oxygens (including phenoxy) is 5. The van der Waals surface area contributed by atoms with E-state index in [1.54, 1.807) is 82.3 Å². The van der Waals surface area contributed by atoms with E-state index < -0.39 is 18.6 Å². The van der Waals surface area contributed by atoms with Crippen molar-refractivity contribution in [2.24, 2.45) is 23.7 Å². The van der Waals surface area contributed by atoms with Gasteiger partial charge in [-0.05, 0) is 238 Å². The highest BCUT2D eigenvalue weighted by atomic mass is 35.5. The number of carbonyl (C=O) groups excluding carboxylic acids is 1. The van der Waals surface area contributed by atoms with Crippen LogP contribution in [0.3, 0.4) is 0 Å². The molecular formula is C93H100BCl2F8N9O10. The van der Waals surface area contributed by atoms with E-state index >= 15 is 13.2 Å². The monoisotopic (exact) mass is 1740 g/mol. The number of nitrogens with two attached hydrogens (primary N) is 1. The molecule has 0 aliphatic heterocycles. The van der Waals surface area contributed by atoms with Gasteiger partial charge < -0.3 is 52.4 Å². The number of hydrogen-bond donors (Lipinski definition) is 2. The number of nitro groups is 2. The first-order chi connectivity index (χ1) is 58.6. The number of hydrogen-bond acceptors (Lipinski definition) is 11. The fourth-order valence-electron chi connectivity index (χ4n) is 14.5. The minimum absolute atomic E-state index is 0. The number of aryl methyl sites for hydroxylation is 3. The highest BCUT2D eigenvalue weighted by molar-refractivity contribution is 6.40. The fraction of sp³-hybridized carbons (Fsp3) is 0.333. The van der Waals surface area contributed by atoms with Gasteiger partial charge in [-0.1, -0.05) is 24.3 Å². The Morgan fingerprint density at radius 3 is 1.12 bits per heavy atom. The van der Waals surface area contributed by atoms with Crippen molar-refractivity contribution >= 4 is 103 Å². The largest absolute Gasteiger partial charge is 1.00 e. The number of carbonyl (C=O) groups is 1. The standard InChI is InChI=1S/C24H27FN2O3.C20H19FN2O3.C20H21FN2O.C20H20N2O3.C8H11FN.CH2Cl2.BF3.FH/c1-4-29-19-11-12-20-21(13-19)27(14-16-5-6-16)23(22(20)25)17-7-9-18(10-8-17)26-24(28)30-15(2)3;1-2-26-16-9-10-17-18(11-16)22(12-13-3-4-13)20(19(17)21)14-5-7-15(8-6-14)23(24)25;1-2-24-16-9-10-17-18(11-16)23(12-13-3-4-13)20(19(17)21)14-5-7-15(22)8-6-14;1-2-25-18-10-7-16-11-19(15-5-8-17(9-6-15)22(23)24)21(20(16)12-18)13-14-3-4-14;1-6-4-7(2)10(9)8(3)5-6;2-1-3;2-1(3)4;/h7-13,15-16H,4-6,14H2,1-3H3,(H,26,28);5-11,13H,2-4,12H2,1H3;5-11,13H,2-4,12,22H2,1H3;5-12,14H,2-4,13H2,1H3;4-5H,1-3H3;1H2;;1H/q;;;;+1;;;/p-1. The van der Waals surface area contributed by atoms with Crippen LogP contribution < -0.4 is 39.5 Å². The third kappa shape index (κ3) is 24.8. The Morgan fingerprint density at radius 1 is 0.488 bits per heavy atom. The molecule has 0 radical (unpaired) electrons. The first-order valence-electron chi connectivity index (χ1n) is 40.9. The molecule has 650 valence electrons. The summed E-state index contributed by atoms with van der Waals surface area (Å²) in [6, 6.07) is 55.9. The number of nitrogens with one attached hydrogen (secondary N) is 1. The van der Waals surface area contributed by atoms with Crippen molar-refractivity contribution in [3.8, 4) is 68.0 Å². The molecule has 123 heavy (non-hydrogen) atoms. The van der Waals surface area contributed by atoms with Gasteiger partial charge in [0.15, 0.2) is 17.5 Å². The molecule has 8 aromatic carbocycles. The molecule has 1 amide bonds. The third-order valence-corrected chi connectivity index (χ3v) is 20.7. The number of halogens is 10. The number of nitro benzene ring substituents is 2. The normalized spacial score (nSPS) is 13.1. The van der Waals surface area contributed by atoms with Crippen molar-refractivity contribution in [1.82, 2.24) is 18.3 Å². The first-order valence-corrected chi connectivity index (χ1v) is 41.9. The molecular weight excluding hydrogens is 1640 g/mol. The Hall–Kier alpha value is -11.8. The Bertz CT molecular complexity index is 5740. The summed E-state index contributed by atoms with van der Waals surface area (Å²) in [6.07, 6.45) is 8.90. The van der Waals surface area contributed by atoms with E-state index in [-0.39, 0.29) is 49.9 Å². The summed E-state index contributed by atoms with van der Waals surface area (Å²) in [6.45, 7) is 22.5. The van der Waals surface area contributed by atoms with Crippen LogP contribution in [0.1, 0.15) is 110 Å². The quantitative estimate of drug-likeness (QED) is 0.0145. The van der Waals surface area contributed by atoms with Gasteiger partial charge in [-0.15, -0.1) is 23.2 Å². The van der Waals surface area contributed by atoms with Crippen molar-refractivity contribution in [3.05, 3.63) is 243 Å². The van der Waals surface area contributed by atoms with Gasteiger partial charge in [0.1, 0.15) is 23.0 Å². The summed E-state index contributed by atoms with van der Waals surface area (Å²) in [7, 11) is -3.67. The molecule has 0 saturated heterocycles. The zero-order valence-corrected chi connectivity index (χ0v) is 71.5. The van der Waals surface area contributed by atoms with E-state index in [1.807, 2.05) is 142 Å². The number of fused-ring (bicyclic) bond motifs is 4. The minimum Gasteiger partial charge on any atom is -1.00 e. The molecule has 0 atom stereocenters. The summed E-state index contributed by atoms with van der Waals surface area (Å²) in [5.41, 5.74) is 19.4. The summed E-state index contributed by atoms with van der Waals surface area (Å²) in [4.78, 5) is 33.5. The highest BCUT2D eigenvalue weighted by Gasteiger charge is 2.32. The average molecular weight is 1740 g/mol. The number of pyridine rings is 1. The van der Waals surface area contributed by atoms with Crippen LogP contribution in [-0.4, -0.2) is 79.6 Å². The van der Waals surface area contributed by atoms with Crippen LogP contribution in [0.4, 0.5) is 58.1 Å². The van der Waals surface area contributed by atoms with Gasteiger partial charge in [-0.25, -0.2) is 18.0 Å². The molecule has 30 heteroatoms. The fourth-order valence-corrected chi connectivity index (χ4v) is 14.5. The van der Waals surface area contributed by atoms with E-state index in [0.29, 0.717) is 116 Å². The molecule has 19 nitrogen and oxygen atoms in total. The number of nitrogen functional groups attached to an aromatic ring is 1. The maximum absolute atomic E-state index is 15.5. The smallest absolute Gasteiger partial charge is 0.762 e. The maximum Gasteiger partial charge on any atom is 0.762 e. The van der Waals surface area contributed by atoms with Crippen molar-refractivity contribution in [2.45, 2.75) is 146 Å². The molecule has 0 bridgehead atoms. The zero-order chi connectivity index (χ0) is 87.6. The van der Waals surface area contributed by atoms with Gasteiger partial charge in [-0.2, -0.15) is 0 Å². The molecule has 4 aliphatic rings. The number of alkyl halides is 2. The summed E-state index contributed by atoms with van der Waals surface area (Å²) in [5, 5.41) is 27.6. The van der Waals surface area contributed by atoms with Crippen LogP contribution in [-0.2, 0) is 30.9 Å². The van der Waals surface area contributed by atoms with Crippen LogP contribution in [0.25, 0.3) is 88.6 Å². The topological polar surface area (TPSA) is 211 Å². The van der Waals surface area contributed by atoms with Crippen molar-refractivity contribution in [3.63, 3.8) is 0 Å². The second-order valence-corrected chi connectivity index (χ2v) is 31.4. The predicted octanol–water partition coefficient (Wildman–Crippen LogP) is 22.2. The van der Waals surface area contributed by atoms with Gasteiger partial charge in [0.25, 0.3) is 11.4 Å². The summed E-state index contributed by atoms with van der Waals surface area (Å²) >= 11 is 9.53. The molecule has 0 spiro atoms. The van der Waals surface area contributed by atoms with Crippen molar-refractivity contribution in [2.75, 3.05) is 42.8 Å². The SMILES string of the molecule is CCOc1ccc2c(F)c(-c3ccc(N)cc3)n(CC3CC3)c2c1.CCOc1ccc2c(F)c(-c3ccc(NC(=O)OC(C)C)cc3)n(CC3CC3)c2c1.CCOc1ccc2c(F)c(-c3ccc([N+](=O)[O-])cc3)n(CC3CC3)c2c1.CCOc1ccc2cc(-c3ccc([N+](=O)[O-])cc3)n(CC3CC3)c2c1.Cc1cc(C)[n+](F)c(C)c1.ClCCl.FB(F)F.[F-]. The number of amides is 1. The van der Waals surface area contributed by atoms with Gasteiger partial charge in [0.05, 0.1) is 91.3 Å². The number of non-ortho nitro benzene ring substituents is 2. The van der Waals surface area contributed by atoms with E-state index in [4.69, 9.17) is 52.6 Å². The van der Waals surface area contributed by atoms with Crippen LogP contribution in [0.15, 0.2) is 188 Å². The minimum atomic E-state index is -3.67. The molecule has 5 heterocycles. The lowest BCUT2D eigenvalue weighted by molar-refractivity contribution is -0.852. The summed E-state index contributed by atoms with van der Waals surface area (Å²) < 4.78 is 124. The van der Waals surface area contributed by atoms with E-state index in [0.717, 1.165) is 118 Å². The Kier molecular flexibility index (Phi) is 32.9. The number of anilines is 2. The van der Waals surface area contributed by atoms with E-state index in [9.17, 15) is 42.5 Å². The average Bonchev–Trinajstić information content (AvgIpc) is 1.61. The molecule has 13 aromatic rings. The predicted molar refractivity (Wildman–Crippen MR) is 471 cm³/mol. The van der Waals surface area contributed by atoms with Crippen LogP contribution in [0, 0.1) is 82.1 Å². The molecule has 4 aliphatic carbocycles. The summed E-state index contributed by atoms with van der Waals surface area (Å²) in [5.74, 6) is 4.93. The second-order valence-electron chi connectivity index (χ2n) is 30.6.